The van der Waals surface area contributed by atoms with Gasteiger partial charge in [0.25, 0.3) is 0 Å². The van der Waals surface area contributed by atoms with Gasteiger partial charge in [-0.3, -0.25) is 10.3 Å². The average Bonchev–Trinajstić information content (AvgIpc) is 2.93. The number of halogens is 6. The van der Waals surface area contributed by atoms with Crippen molar-refractivity contribution in [1.82, 2.24) is 15.5 Å². The number of carboxylic acids is 2. The lowest BCUT2D eigenvalue weighted by Crippen LogP contribution is -2.46. The maximum Gasteiger partial charge on any atom is 0.490 e. The Kier molecular flexibility index (Phi) is 23.7. The maximum absolute atomic E-state index is 12.5. The normalized spacial score (nSPS) is 15.3. The molecular formula is C27H47F6N7O5. The Labute approximate surface area is 259 Å². The zero-order valence-electron chi connectivity index (χ0n) is 25.6. The number of hydrogen-bond acceptors (Lipinski definition) is 6. The molecule has 45 heavy (non-hydrogen) atoms. The molecule has 0 saturated heterocycles. The zero-order chi connectivity index (χ0) is 34.9. The van der Waals surface area contributed by atoms with E-state index in [2.05, 4.69) is 27.2 Å². The topological polar surface area (TPSA) is 196 Å². The lowest BCUT2D eigenvalue weighted by molar-refractivity contribution is -0.193. The number of hydrogen-bond donors (Lipinski definition) is 6. The van der Waals surface area contributed by atoms with E-state index in [1.807, 2.05) is 11.8 Å². The SMILES string of the molecule is C=C(C)CN=C(N)NCCCCCCCCN1CCCCCCCCN=C(N)NC1=O.O=C(O)C(F)(F)F.O=C(O)C(F)(F)F. The molecule has 0 bridgehead atoms. The van der Waals surface area contributed by atoms with Gasteiger partial charge < -0.3 is 31.9 Å². The van der Waals surface area contributed by atoms with Crippen LogP contribution in [0, 0.1) is 0 Å². The molecule has 12 nitrogen and oxygen atoms in total. The first-order chi connectivity index (χ1) is 20.9. The molecule has 0 radical (unpaired) electrons. The highest BCUT2D eigenvalue weighted by Crippen LogP contribution is 2.14. The van der Waals surface area contributed by atoms with E-state index < -0.39 is 24.3 Å². The number of amides is 2. The Morgan fingerprint density at radius 3 is 1.91 bits per heavy atom. The van der Waals surface area contributed by atoms with Crippen LogP contribution in [-0.2, 0) is 9.59 Å². The Hall–Kier alpha value is -3.73. The predicted octanol–water partition coefficient (Wildman–Crippen LogP) is 4.75. The minimum Gasteiger partial charge on any atom is -0.475 e. The standard InChI is InChI=1S/C23H45N7O.2C2HF3O2/c1-20(2)19-28-21(24)26-15-11-7-3-5-9-13-17-30-18-14-10-6-4-8-12-16-27-22(25)29-23(30)31;2*3-2(4,5)1(6)7/h1,3-19H2,2H3,(H3,24,26,28)(H3,25,27,29,31);2*(H,6,7). The van der Waals surface area contributed by atoms with Crippen molar-refractivity contribution in [3.8, 4) is 0 Å². The second-order valence-corrected chi connectivity index (χ2v) is 10.1. The van der Waals surface area contributed by atoms with E-state index in [-0.39, 0.29) is 12.0 Å². The zero-order valence-corrected chi connectivity index (χ0v) is 25.6. The van der Waals surface area contributed by atoms with Crippen molar-refractivity contribution in [1.29, 1.82) is 0 Å². The first kappa shape index (κ1) is 43.4. The van der Waals surface area contributed by atoms with E-state index in [1.165, 1.54) is 38.5 Å². The van der Waals surface area contributed by atoms with Gasteiger partial charge in [-0.2, -0.15) is 26.3 Å². The minimum absolute atomic E-state index is 0.113. The molecule has 1 rings (SSSR count). The number of rotatable bonds is 11. The van der Waals surface area contributed by atoms with Crippen LogP contribution in [0.2, 0.25) is 0 Å². The third kappa shape index (κ3) is 28.8. The summed E-state index contributed by atoms with van der Waals surface area (Å²) in [5.74, 6) is -4.78. The molecule has 0 spiro atoms. The molecule has 0 unspecified atom stereocenters. The summed E-state index contributed by atoms with van der Waals surface area (Å²) in [6.07, 6.45) is 3.50. The number of guanidine groups is 2. The highest BCUT2D eigenvalue weighted by atomic mass is 19.4. The van der Waals surface area contributed by atoms with Crippen LogP contribution in [0.1, 0.15) is 84.0 Å². The molecule has 8 N–H and O–H groups in total. The number of nitrogens with one attached hydrogen (secondary N) is 2. The third-order valence-electron chi connectivity index (χ3n) is 5.81. The summed E-state index contributed by atoms with van der Waals surface area (Å²) in [7, 11) is 0. The number of aliphatic imine (C=N–C) groups is 2. The molecule has 18 heteroatoms. The Morgan fingerprint density at radius 2 is 1.40 bits per heavy atom. The van der Waals surface area contributed by atoms with Crippen LogP contribution < -0.4 is 22.1 Å². The van der Waals surface area contributed by atoms with E-state index in [4.69, 9.17) is 31.3 Å². The summed E-state index contributed by atoms with van der Waals surface area (Å²) in [5, 5.41) is 20.1. The van der Waals surface area contributed by atoms with Gasteiger partial charge in [0.2, 0.25) is 0 Å². The van der Waals surface area contributed by atoms with Crippen molar-refractivity contribution in [2.45, 2.75) is 96.3 Å². The van der Waals surface area contributed by atoms with Crippen molar-refractivity contribution < 1.29 is 50.9 Å². The van der Waals surface area contributed by atoms with Gasteiger partial charge in [-0.15, -0.1) is 0 Å². The monoisotopic (exact) mass is 663 g/mol. The van der Waals surface area contributed by atoms with Crippen molar-refractivity contribution in [3.63, 3.8) is 0 Å². The highest BCUT2D eigenvalue weighted by molar-refractivity contribution is 5.95. The first-order valence-corrected chi connectivity index (χ1v) is 14.5. The fourth-order valence-corrected chi connectivity index (χ4v) is 3.49. The van der Waals surface area contributed by atoms with Crippen LogP contribution in [0.3, 0.4) is 0 Å². The van der Waals surface area contributed by atoms with Crippen molar-refractivity contribution in [2.75, 3.05) is 32.7 Å². The molecule has 0 saturated carbocycles. The summed E-state index contributed by atoms with van der Waals surface area (Å²) in [5.41, 5.74) is 12.7. The van der Waals surface area contributed by atoms with Gasteiger partial charge in [-0.1, -0.05) is 63.5 Å². The lowest BCUT2D eigenvalue weighted by Gasteiger charge is -2.23. The van der Waals surface area contributed by atoms with Gasteiger partial charge in [0.15, 0.2) is 11.9 Å². The predicted molar refractivity (Wildman–Crippen MR) is 159 cm³/mol. The third-order valence-corrected chi connectivity index (χ3v) is 5.81. The van der Waals surface area contributed by atoms with E-state index in [0.717, 1.165) is 63.7 Å². The van der Waals surface area contributed by atoms with Crippen LogP contribution >= 0.6 is 0 Å². The van der Waals surface area contributed by atoms with E-state index >= 15 is 0 Å². The number of carbonyl (C=O) groups excluding carboxylic acids is 1. The fourth-order valence-electron chi connectivity index (χ4n) is 3.49. The molecule has 0 aromatic rings. The van der Waals surface area contributed by atoms with E-state index in [1.54, 1.807) is 0 Å². The molecule has 1 heterocycles. The maximum atomic E-state index is 12.5. The van der Waals surface area contributed by atoms with Crippen LogP contribution in [0.15, 0.2) is 22.1 Å². The molecular weight excluding hydrogens is 616 g/mol. The molecule has 0 atom stereocenters. The van der Waals surface area contributed by atoms with Crippen molar-refractivity contribution >= 4 is 29.9 Å². The van der Waals surface area contributed by atoms with E-state index in [9.17, 15) is 31.1 Å². The average molecular weight is 664 g/mol. The lowest BCUT2D eigenvalue weighted by atomic mass is 10.1. The van der Waals surface area contributed by atoms with E-state index in [0.29, 0.717) is 19.0 Å². The summed E-state index contributed by atoms with van der Waals surface area (Å²) < 4.78 is 63.5. The quantitative estimate of drug-likeness (QED) is 0.0599. The molecule has 1 aliphatic rings. The minimum atomic E-state index is -5.08. The van der Waals surface area contributed by atoms with Crippen LogP contribution in [0.4, 0.5) is 31.1 Å². The van der Waals surface area contributed by atoms with Gasteiger partial charge in [0, 0.05) is 26.2 Å². The van der Waals surface area contributed by atoms with Crippen LogP contribution in [-0.4, -0.2) is 90.1 Å². The van der Waals surface area contributed by atoms with Gasteiger partial charge in [0.05, 0.1) is 6.54 Å². The van der Waals surface area contributed by atoms with Crippen LogP contribution in [0.25, 0.3) is 0 Å². The number of unbranched alkanes of at least 4 members (excludes halogenated alkanes) is 5. The largest absolute Gasteiger partial charge is 0.490 e. The molecule has 1 aliphatic heterocycles. The van der Waals surface area contributed by atoms with Gasteiger partial charge in [-0.25, -0.2) is 19.4 Å². The summed E-state index contributed by atoms with van der Waals surface area (Å²) in [6.45, 7) is 9.43. The Balaban J connectivity index is 0. The molecule has 0 aromatic carbocycles. The molecule has 0 fully saturated rings. The molecule has 262 valence electrons. The molecule has 0 aromatic heterocycles. The number of urea groups is 1. The Bertz CT molecular complexity index is 920. The number of aliphatic carboxylic acids is 2. The highest BCUT2D eigenvalue weighted by Gasteiger charge is 2.38. The number of nitrogens with two attached hydrogens (primary N) is 2. The first-order valence-electron chi connectivity index (χ1n) is 14.5. The number of carboxylic acid groups (broad SMARTS) is 2. The van der Waals surface area contributed by atoms with Gasteiger partial charge >= 0.3 is 30.3 Å². The van der Waals surface area contributed by atoms with Gasteiger partial charge in [0.1, 0.15) is 0 Å². The Morgan fingerprint density at radius 1 is 0.933 bits per heavy atom. The van der Waals surface area contributed by atoms with Crippen molar-refractivity contribution in [2.24, 2.45) is 21.5 Å². The van der Waals surface area contributed by atoms with Gasteiger partial charge in [-0.05, 0) is 32.6 Å². The smallest absolute Gasteiger partial charge is 0.475 e. The summed E-state index contributed by atoms with van der Waals surface area (Å²) >= 11 is 0. The second kappa shape index (κ2) is 24.6. The summed E-state index contributed by atoms with van der Waals surface area (Å²) in [6, 6.07) is -0.113. The summed E-state index contributed by atoms with van der Waals surface area (Å²) in [4.78, 5) is 40.7. The molecule has 0 aliphatic carbocycles. The number of carbonyl (C=O) groups is 3. The fraction of sp³-hybridized carbons (Fsp3) is 0.741. The number of nitrogens with zero attached hydrogens (tertiary/aromatic N) is 3. The number of alkyl halides is 6. The molecule has 2 amide bonds. The van der Waals surface area contributed by atoms with Crippen LogP contribution in [0.5, 0.6) is 0 Å². The second-order valence-electron chi connectivity index (χ2n) is 10.1. The van der Waals surface area contributed by atoms with Crippen molar-refractivity contribution in [3.05, 3.63) is 12.2 Å².